The van der Waals surface area contributed by atoms with E-state index in [0.29, 0.717) is 18.5 Å². The van der Waals surface area contributed by atoms with Gasteiger partial charge in [-0.15, -0.1) is 0 Å². The third kappa shape index (κ3) is 7.23. The van der Waals surface area contributed by atoms with E-state index in [9.17, 15) is 22.0 Å². The van der Waals surface area contributed by atoms with Crippen LogP contribution in [-0.2, 0) is 19.3 Å². The van der Waals surface area contributed by atoms with Gasteiger partial charge in [0.25, 0.3) is 0 Å². The second kappa shape index (κ2) is 11.7. The van der Waals surface area contributed by atoms with Gasteiger partial charge in [-0.2, -0.15) is 8.42 Å². The van der Waals surface area contributed by atoms with Crippen molar-refractivity contribution in [1.82, 2.24) is 0 Å². The average molecular weight is 602 g/mol. The molecule has 1 aliphatic rings. The van der Waals surface area contributed by atoms with E-state index >= 15 is 0 Å². The molecule has 0 aliphatic carbocycles. The second-order valence-corrected chi connectivity index (χ2v) is 18.4. The first-order valence-corrected chi connectivity index (χ1v) is 18.3. The van der Waals surface area contributed by atoms with Crippen LogP contribution >= 0.6 is 0 Å². The Balaban J connectivity index is 1.63. The van der Waals surface area contributed by atoms with Crippen LogP contribution < -0.4 is 9.08 Å². The zero-order chi connectivity index (χ0) is 30.2. The summed E-state index contributed by atoms with van der Waals surface area (Å²) in [5.41, 5.74) is 2.22. The number of hydrogen-bond acceptors (Lipinski definition) is 5. The predicted octanol–water partition coefficient (Wildman–Crippen LogP) is 7.55. The van der Waals surface area contributed by atoms with Gasteiger partial charge < -0.3 is 13.5 Å². The molecule has 0 aromatic heterocycles. The van der Waals surface area contributed by atoms with Crippen molar-refractivity contribution < 1.29 is 30.6 Å². The largest absolute Gasteiger partial charge is 0.410 e. The lowest BCUT2D eigenvalue weighted by molar-refractivity contribution is -0.131. The van der Waals surface area contributed by atoms with Crippen molar-refractivity contribution in [3.8, 4) is 5.75 Å². The number of carbonyl (C=O) groups excluding carboxylic acids is 1. The van der Waals surface area contributed by atoms with Crippen LogP contribution in [0.1, 0.15) is 56.9 Å². The van der Waals surface area contributed by atoms with Crippen LogP contribution in [0.4, 0.5) is 14.5 Å². The molecule has 1 heterocycles. The minimum absolute atomic E-state index is 0.0464. The smallest absolute Gasteiger partial charge is 0.306 e. The Morgan fingerprint density at radius 3 is 1.95 bits per heavy atom. The van der Waals surface area contributed by atoms with Crippen LogP contribution in [0.25, 0.3) is 0 Å². The molecule has 1 saturated heterocycles. The van der Waals surface area contributed by atoms with E-state index in [1.807, 2.05) is 0 Å². The maximum Gasteiger partial charge on any atom is 0.306 e. The number of amides is 1. The van der Waals surface area contributed by atoms with E-state index in [0.717, 1.165) is 17.4 Å². The minimum atomic E-state index is -3.69. The van der Waals surface area contributed by atoms with Gasteiger partial charge >= 0.3 is 10.1 Å². The zero-order valence-corrected chi connectivity index (χ0v) is 26.0. The maximum atomic E-state index is 13.7. The van der Waals surface area contributed by atoms with Crippen molar-refractivity contribution in [2.75, 3.05) is 11.2 Å². The number of halogens is 2. The molecule has 0 saturated carbocycles. The summed E-state index contributed by atoms with van der Waals surface area (Å²) in [4.78, 5) is 15.2. The standard InChI is InChI=1S/C31H37F2NO5SSi/c1-31(2,3)41(5,6)39-28(21-7-11-23(32)12-8-21)20-19-27-29(22-9-17-26(18-10-22)38-40(4,36)37)34(30(27)35)25-15-13-24(33)14-16-25/h7-18,27-29H,19-20H2,1-6H3/t27-,28-,29-/m1/s1. The van der Waals surface area contributed by atoms with Gasteiger partial charge in [-0.1, -0.05) is 45.0 Å². The highest BCUT2D eigenvalue weighted by atomic mass is 32.2. The lowest BCUT2D eigenvalue weighted by atomic mass is 9.78. The minimum Gasteiger partial charge on any atom is -0.410 e. The van der Waals surface area contributed by atoms with E-state index in [4.69, 9.17) is 8.61 Å². The second-order valence-electron chi connectivity index (χ2n) is 12.1. The summed E-state index contributed by atoms with van der Waals surface area (Å²) in [6.45, 7) is 10.8. The molecule has 220 valence electrons. The van der Waals surface area contributed by atoms with Crippen LogP contribution in [-0.4, -0.2) is 28.9 Å². The van der Waals surface area contributed by atoms with Gasteiger partial charge in [0.1, 0.15) is 17.4 Å². The van der Waals surface area contributed by atoms with E-state index in [2.05, 4.69) is 33.9 Å². The molecular formula is C31H37F2NO5SSi. The first-order valence-electron chi connectivity index (χ1n) is 13.6. The molecule has 4 rings (SSSR count). The molecule has 0 unspecified atom stereocenters. The highest BCUT2D eigenvalue weighted by Gasteiger charge is 2.49. The Kier molecular flexibility index (Phi) is 8.78. The van der Waals surface area contributed by atoms with E-state index in [1.54, 1.807) is 53.4 Å². The molecule has 1 fully saturated rings. The van der Waals surface area contributed by atoms with E-state index in [-0.39, 0.29) is 34.7 Å². The number of benzene rings is 3. The number of β-lactam (4-membered cyclic amide) rings is 1. The molecule has 1 amide bonds. The fourth-order valence-electron chi connectivity index (χ4n) is 4.83. The maximum absolute atomic E-state index is 13.7. The first-order chi connectivity index (χ1) is 19.1. The molecule has 41 heavy (non-hydrogen) atoms. The molecule has 3 aromatic carbocycles. The molecule has 3 aromatic rings. The highest BCUT2D eigenvalue weighted by Crippen LogP contribution is 2.48. The van der Waals surface area contributed by atoms with E-state index in [1.165, 1.54) is 24.3 Å². The van der Waals surface area contributed by atoms with Gasteiger partial charge in [0.2, 0.25) is 5.91 Å². The molecule has 0 bridgehead atoms. The lowest BCUT2D eigenvalue weighted by Crippen LogP contribution is -2.55. The topological polar surface area (TPSA) is 72.9 Å². The Morgan fingerprint density at radius 1 is 0.902 bits per heavy atom. The molecule has 1 aliphatic heterocycles. The SMILES string of the molecule is CC(C)(C)[Si](C)(C)O[C@H](CC[C@H]1C(=O)N(c2ccc(F)cc2)[C@@H]1c1ccc(OS(C)(=O)=O)cc1)c1ccc(F)cc1. The van der Waals surface area contributed by atoms with Crippen molar-refractivity contribution in [1.29, 1.82) is 0 Å². The third-order valence-corrected chi connectivity index (χ3v) is 13.0. The van der Waals surface area contributed by atoms with Crippen LogP contribution in [0.15, 0.2) is 72.8 Å². The number of anilines is 1. The molecule has 6 nitrogen and oxygen atoms in total. The van der Waals surface area contributed by atoms with Gasteiger partial charge in [-0.05, 0) is 90.6 Å². The van der Waals surface area contributed by atoms with Gasteiger partial charge in [0, 0.05) is 5.69 Å². The number of nitrogens with zero attached hydrogens (tertiary/aromatic N) is 1. The quantitative estimate of drug-likeness (QED) is 0.136. The van der Waals surface area contributed by atoms with Gasteiger partial charge in [-0.3, -0.25) is 4.79 Å². The van der Waals surface area contributed by atoms with Gasteiger partial charge in [-0.25, -0.2) is 8.78 Å². The Bertz CT molecular complexity index is 1470. The first kappa shape index (κ1) is 30.9. The number of carbonyl (C=O) groups is 1. The molecule has 3 atom stereocenters. The van der Waals surface area contributed by atoms with Crippen LogP contribution in [0.5, 0.6) is 5.75 Å². The molecule has 0 N–H and O–H groups in total. The fourth-order valence-corrected chi connectivity index (χ4v) is 6.61. The monoisotopic (exact) mass is 601 g/mol. The predicted molar refractivity (Wildman–Crippen MR) is 159 cm³/mol. The summed E-state index contributed by atoms with van der Waals surface area (Å²) in [6, 6.07) is 18.3. The van der Waals surface area contributed by atoms with E-state index < -0.39 is 30.2 Å². The van der Waals surface area contributed by atoms with Crippen molar-refractivity contribution >= 4 is 30.0 Å². The summed E-state index contributed by atoms with van der Waals surface area (Å²) in [6.07, 6.45) is 1.69. The van der Waals surface area contributed by atoms with Crippen molar-refractivity contribution in [2.45, 2.75) is 63.9 Å². The molecule has 10 heteroatoms. The Hall–Kier alpha value is -3.08. The summed E-state index contributed by atoms with van der Waals surface area (Å²) in [7, 11) is -5.90. The zero-order valence-electron chi connectivity index (χ0n) is 24.2. The molecule has 0 radical (unpaired) electrons. The summed E-state index contributed by atoms with van der Waals surface area (Å²) in [5.74, 6) is -1.05. The summed E-state index contributed by atoms with van der Waals surface area (Å²) < 4.78 is 62.3. The third-order valence-electron chi connectivity index (χ3n) is 8.01. The summed E-state index contributed by atoms with van der Waals surface area (Å²) >= 11 is 0. The number of rotatable bonds is 10. The summed E-state index contributed by atoms with van der Waals surface area (Å²) in [5, 5.41) is -0.0464. The fraction of sp³-hybridized carbons (Fsp3) is 0.387. The molecule has 0 spiro atoms. The lowest BCUT2D eigenvalue weighted by Gasteiger charge is -2.48. The van der Waals surface area contributed by atoms with Crippen molar-refractivity contribution in [3.05, 3.63) is 95.6 Å². The normalized spacial score (nSPS) is 18.6. The average Bonchev–Trinajstić information content (AvgIpc) is 2.87. The number of hydrogen-bond donors (Lipinski definition) is 0. The van der Waals surface area contributed by atoms with Crippen LogP contribution in [0.3, 0.4) is 0 Å². The Labute approximate surface area is 242 Å². The Morgan fingerprint density at radius 2 is 1.44 bits per heavy atom. The van der Waals surface area contributed by atoms with Crippen molar-refractivity contribution in [2.24, 2.45) is 5.92 Å². The van der Waals surface area contributed by atoms with Crippen LogP contribution in [0.2, 0.25) is 18.1 Å². The van der Waals surface area contributed by atoms with Crippen molar-refractivity contribution in [3.63, 3.8) is 0 Å². The highest BCUT2D eigenvalue weighted by molar-refractivity contribution is 7.86. The van der Waals surface area contributed by atoms with Gasteiger partial charge in [0.15, 0.2) is 8.32 Å². The van der Waals surface area contributed by atoms with Crippen LogP contribution in [0, 0.1) is 17.6 Å². The van der Waals surface area contributed by atoms with Gasteiger partial charge in [0.05, 0.1) is 24.3 Å². The molecular weight excluding hydrogens is 564 g/mol.